The maximum absolute atomic E-state index is 13.6. The van der Waals surface area contributed by atoms with E-state index in [1.54, 1.807) is 6.07 Å². The van der Waals surface area contributed by atoms with Crippen LogP contribution in [-0.4, -0.2) is 9.55 Å². The van der Waals surface area contributed by atoms with Gasteiger partial charge in [0.05, 0.1) is 21.2 Å². The molecule has 0 unspecified atom stereocenters. The van der Waals surface area contributed by atoms with Gasteiger partial charge in [-0.2, -0.15) is 0 Å². The monoisotopic (exact) mass is 322 g/mol. The lowest BCUT2D eigenvalue weighted by Crippen LogP contribution is -1.94. The van der Waals surface area contributed by atoms with Gasteiger partial charge in [0.2, 0.25) is 0 Å². The minimum atomic E-state index is -0.306. The Morgan fingerprint density at radius 1 is 1.17 bits per heavy atom. The molecule has 1 aromatic heterocycles. The van der Waals surface area contributed by atoms with Crippen molar-refractivity contribution in [2.24, 2.45) is 0 Å². The maximum atomic E-state index is 13.6. The highest BCUT2D eigenvalue weighted by Crippen LogP contribution is 2.23. The molecule has 0 aliphatic heterocycles. The summed E-state index contributed by atoms with van der Waals surface area (Å²) < 4.78 is 16.4. The van der Waals surface area contributed by atoms with E-state index in [-0.39, 0.29) is 5.82 Å². The van der Waals surface area contributed by atoms with Gasteiger partial charge in [0, 0.05) is 0 Å². The third-order valence-electron chi connectivity index (χ3n) is 2.75. The van der Waals surface area contributed by atoms with E-state index in [9.17, 15) is 4.39 Å². The Kier molecular flexibility index (Phi) is 2.80. The zero-order chi connectivity index (χ0) is 12.7. The molecular formula is C13H8BrFN2S. The number of halogens is 2. The third-order valence-corrected chi connectivity index (χ3v) is 3.68. The van der Waals surface area contributed by atoms with Crippen LogP contribution in [-0.2, 0) is 0 Å². The second kappa shape index (κ2) is 4.33. The largest absolute Gasteiger partial charge is 0.330 e. The molecule has 0 aliphatic carbocycles. The number of benzene rings is 2. The molecule has 2 nitrogen and oxygen atoms in total. The fourth-order valence-electron chi connectivity index (χ4n) is 1.94. The fraction of sp³-hybridized carbons (Fsp3) is 0. The van der Waals surface area contributed by atoms with Gasteiger partial charge in [-0.25, -0.2) is 4.39 Å². The Morgan fingerprint density at radius 2 is 1.94 bits per heavy atom. The zero-order valence-electron chi connectivity index (χ0n) is 9.15. The number of aromatic nitrogens is 2. The first-order chi connectivity index (χ1) is 8.66. The molecule has 0 fully saturated rings. The van der Waals surface area contributed by atoms with E-state index in [1.807, 2.05) is 34.9 Å². The number of imidazole rings is 1. The smallest absolute Gasteiger partial charge is 0.182 e. The maximum Gasteiger partial charge on any atom is 0.182 e. The van der Waals surface area contributed by atoms with Crippen molar-refractivity contribution >= 4 is 39.2 Å². The minimum Gasteiger partial charge on any atom is -0.330 e. The molecule has 0 amide bonds. The van der Waals surface area contributed by atoms with Gasteiger partial charge in [0.25, 0.3) is 0 Å². The van der Waals surface area contributed by atoms with Crippen molar-refractivity contribution in [3.8, 4) is 5.69 Å². The molecule has 3 rings (SSSR count). The molecule has 90 valence electrons. The standard InChI is InChI=1S/C13H8BrFN2S/c14-9-6-5-8(7-10(9)15)17-12-4-2-1-3-11(12)16-13(17)18/h1-7H,(H,16,18). The number of para-hydroxylation sites is 2. The number of aromatic amines is 1. The Balaban J connectivity index is 2.34. The Labute approximate surface area is 116 Å². The van der Waals surface area contributed by atoms with Crippen LogP contribution in [0.5, 0.6) is 0 Å². The van der Waals surface area contributed by atoms with Gasteiger partial charge in [-0.1, -0.05) is 12.1 Å². The number of fused-ring (bicyclic) bond motifs is 1. The van der Waals surface area contributed by atoms with Crippen LogP contribution in [0.25, 0.3) is 16.7 Å². The minimum absolute atomic E-state index is 0.306. The van der Waals surface area contributed by atoms with E-state index < -0.39 is 0 Å². The summed E-state index contributed by atoms with van der Waals surface area (Å²) in [5.74, 6) is -0.306. The van der Waals surface area contributed by atoms with E-state index in [4.69, 9.17) is 12.2 Å². The van der Waals surface area contributed by atoms with Crippen LogP contribution in [0, 0.1) is 10.6 Å². The van der Waals surface area contributed by atoms with E-state index in [0.29, 0.717) is 14.9 Å². The first kappa shape index (κ1) is 11.6. The second-order valence-corrected chi connectivity index (χ2v) is 5.12. The predicted octanol–water partition coefficient (Wildman–Crippen LogP) is 4.59. The van der Waals surface area contributed by atoms with Gasteiger partial charge in [-0.15, -0.1) is 0 Å². The summed E-state index contributed by atoms with van der Waals surface area (Å²) in [6.45, 7) is 0. The van der Waals surface area contributed by atoms with Crippen molar-refractivity contribution < 1.29 is 4.39 Å². The van der Waals surface area contributed by atoms with Gasteiger partial charge in [-0.3, -0.25) is 4.57 Å². The first-order valence-electron chi connectivity index (χ1n) is 5.32. The highest BCUT2D eigenvalue weighted by molar-refractivity contribution is 9.10. The van der Waals surface area contributed by atoms with Gasteiger partial charge in [-0.05, 0) is 58.5 Å². The number of hydrogen-bond donors (Lipinski definition) is 1. The summed E-state index contributed by atoms with van der Waals surface area (Å²) >= 11 is 8.43. The molecule has 1 N–H and O–H groups in total. The number of nitrogens with zero attached hydrogens (tertiary/aromatic N) is 1. The summed E-state index contributed by atoms with van der Waals surface area (Å²) in [6.07, 6.45) is 0. The van der Waals surface area contributed by atoms with Crippen molar-refractivity contribution in [1.82, 2.24) is 9.55 Å². The fourth-order valence-corrected chi connectivity index (χ4v) is 2.50. The molecule has 0 radical (unpaired) electrons. The summed E-state index contributed by atoms with van der Waals surface area (Å²) in [4.78, 5) is 3.10. The van der Waals surface area contributed by atoms with Crippen LogP contribution < -0.4 is 0 Å². The molecule has 5 heteroatoms. The summed E-state index contributed by atoms with van der Waals surface area (Å²) in [5, 5.41) is 0. The molecule has 0 saturated heterocycles. The molecular weight excluding hydrogens is 315 g/mol. The van der Waals surface area contributed by atoms with Crippen molar-refractivity contribution in [2.75, 3.05) is 0 Å². The van der Waals surface area contributed by atoms with E-state index >= 15 is 0 Å². The van der Waals surface area contributed by atoms with E-state index in [1.165, 1.54) is 6.07 Å². The zero-order valence-corrected chi connectivity index (χ0v) is 11.6. The SMILES string of the molecule is Fc1cc(-n2c(=S)[nH]c3ccccc32)ccc1Br. The molecule has 2 aromatic carbocycles. The van der Waals surface area contributed by atoms with Crippen molar-refractivity contribution in [2.45, 2.75) is 0 Å². The van der Waals surface area contributed by atoms with Crippen molar-refractivity contribution in [3.05, 3.63) is 57.5 Å². The van der Waals surface area contributed by atoms with Crippen LogP contribution in [0.3, 0.4) is 0 Å². The van der Waals surface area contributed by atoms with Gasteiger partial charge in [0.1, 0.15) is 5.82 Å². The Bertz CT molecular complexity index is 791. The molecule has 0 saturated carbocycles. The predicted molar refractivity (Wildman–Crippen MR) is 76.1 cm³/mol. The quantitative estimate of drug-likeness (QED) is 0.650. The van der Waals surface area contributed by atoms with Gasteiger partial charge in [0.15, 0.2) is 4.77 Å². The van der Waals surface area contributed by atoms with E-state index in [2.05, 4.69) is 20.9 Å². The average molecular weight is 323 g/mol. The summed E-state index contributed by atoms with van der Waals surface area (Å²) in [7, 11) is 0. The highest BCUT2D eigenvalue weighted by Gasteiger charge is 2.07. The number of H-pyrrole nitrogens is 1. The molecule has 18 heavy (non-hydrogen) atoms. The Hall–Kier alpha value is -1.46. The number of rotatable bonds is 1. The molecule has 0 spiro atoms. The lowest BCUT2D eigenvalue weighted by Gasteiger charge is -2.05. The summed E-state index contributed by atoms with van der Waals surface area (Å²) in [5.41, 5.74) is 2.58. The molecule has 1 heterocycles. The van der Waals surface area contributed by atoms with Crippen LogP contribution in [0.1, 0.15) is 0 Å². The average Bonchev–Trinajstić information content (AvgIpc) is 2.69. The molecule has 0 atom stereocenters. The summed E-state index contributed by atoms with van der Waals surface area (Å²) in [6, 6.07) is 12.7. The second-order valence-electron chi connectivity index (χ2n) is 3.88. The lowest BCUT2D eigenvalue weighted by atomic mass is 10.3. The van der Waals surface area contributed by atoms with Gasteiger partial charge < -0.3 is 4.98 Å². The number of nitrogens with one attached hydrogen (secondary N) is 1. The van der Waals surface area contributed by atoms with Crippen molar-refractivity contribution in [1.29, 1.82) is 0 Å². The van der Waals surface area contributed by atoms with Crippen LogP contribution in [0.15, 0.2) is 46.9 Å². The topological polar surface area (TPSA) is 20.7 Å². The third kappa shape index (κ3) is 1.79. The normalized spacial score (nSPS) is 11.0. The van der Waals surface area contributed by atoms with Crippen LogP contribution in [0.4, 0.5) is 4.39 Å². The van der Waals surface area contributed by atoms with Crippen molar-refractivity contribution in [3.63, 3.8) is 0 Å². The highest BCUT2D eigenvalue weighted by atomic mass is 79.9. The van der Waals surface area contributed by atoms with Crippen LogP contribution in [0.2, 0.25) is 0 Å². The van der Waals surface area contributed by atoms with E-state index in [0.717, 1.165) is 11.0 Å². The first-order valence-corrected chi connectivity index (χ1v) is 6.52. The lowest BCUT2D eigenvalue weighted by molar-refractivity contribution is 0.620. The Morgan fingerprint density at radius 3 is 2.72 bits per heavy atom. The van der Waals surface area contributed by atoms with Crippen LogP contribution >= 0.6 is 28.1 Å². The van der Waals surface area contributed by atoms with Gasteiger partial charge >= 0.3 is 0 Å². The molecule has 3 aromatic rings. The molecule has 0 aliphatic rings. The number of hydrogen-bond acceptors (Lipinski definition) is 1. The molecule has 0 bridgehead atoms.